The van der Waals surface area contributed by atoms with Crippen LogP contribution >= 0.6 is 0 Å². The van der Waals surface area contributed by atoms with Crippen molar-refractivity contribution in [2.24, 2.45) is 23.7 Å². The number of aliphatic hydroxyl groups is 1. The van der Waals surface area contributed by atoms with E-state index in [0.29, 0.717) is 123 Å². The maximum atomic E-state index is 14.3. The van der Waals surface area contributed by atoms with Gasteiger partial charge in [-0.15, -0.1) is 0 Å². The van der Waals surface area contributed by atoms with E-state index < -0.39 is 0 Å². The first-order valence-electron chi connectivity index (χ1n) is 30.5. The normalized spacial score (nSPS) is 17.8. The lowest BCUT2D eigenvalue weighted by Gasteiger charge is -2.22. The highest BCUT2D eigenvalue weighted by atomic mass is 16.3. The third kappa shape index (κ3) is 15.9. The predicted molar refractivity (Wildman–Crippen MR) is 306 cm³/mol. The molecule has 8 bridgehead atoms. The van der Waals surface area contributed by atoms with Crippen LogP contribution in [0.25, 0.3) is 0 Å². The zero-order valence-corrected chi connectivity index (χ0v) is 46.5. The number of carbonyl (C=O) groups excluding carboxylic acids is 4. The second-order valence-electron chi connectivity index (χ2n) is 24.2. The van der Waals surface area contributed by atoms with Crippen LogP contribution < -0.4 is 0 Å². The Labute approximate surface area is 459 Å². The summed E-state index contributed by atoms with van der Waals surface area (Å²) < 4.78 is 0. The van der Waals surface area contributed by atoms with Crippen LogP contribution in [0.3, 0.4) is 0 Å². The minimum absolute atomic E-state index is 0.000987. The Bertz CT molecular complexity index is 2200. The number of aliphatic hydroxyl groups excluding tert-OH is 1. The van der Waals surface area contributed by atoms with E-state index in [0.717, 1.165) is 89.9 Å². The van der Waals surface area contributed by atoms with E-state index in [1.54, 1.807) is 48.5 Å². The second kappa shape index (κ2) is 28.6. The van der Waals surface area contributed by atoms with Crippen LogP contribution in [0.15, 0.2) is 48.5 Å². The molecule has 4 fully saturated rings. The molecule has 4 aromatic carbocycles. The first-order valence-corrected chi connectivity index (χ1v) is 30.5. The zero-order chi connectivity index (χ0) is 54.3. The molecule has 0 radical (unpaired) electrons. The summed E-state index contributed by atoms with van der Waals surface area (Å²) in [6, 6.07) is 13.8. The van der Waals surface area contributed by atoms with Gasteiger partial charge < -0.3 is 25.5 Å². The lowest BCUT2D eigenvalue weighted by molar-refractivity contribution is 0.0962. The summed E-state index contributed by atoms with van der Waals surface area (Å²) in [6.45, 7) is 2.40. The molecule has 5 N–H and O–H groups in total. The Balaban J connectivity index is 0.00000150. The molecule has 0 aliphatic heterocycles. The maximum absolute atomic E-state index is 14.3. The fourth-order valence-corrected chi connectivity index (χ4v) is 13.6. The molecule has 9 rings (SSSR count). The largest absolute Gasteiger partial charge is 0.507 e. The quantitative estimate of drug-likeness (QED) is 0.0536. The number of aromatic hydroxyl groups is 4. The summed E-state index contributed by atoms with van der Waals surface area (Å²) in [7, 11) is 0. The lowest BCUT2D eigenvalue weighted by atomic mass is 9.83. The molecule has 77 heavy (non-hydrogen) atoms. The van der Waals surface area contributed by atoms with Gasteiger partial charge >= 0.3 is 0 Å². The molecule has 0 saturated heterocycles. The maximum Gasteiger partial charge on any atom is 0.162 e. The molecule has 9 nitrogen and oxygen atoms in total. The first-order chi connectivity index (χ1) is 37.4. The molecular weight excluding hydrogens is 961 g/mol. The van der Waals surface area contributed by atoms with Gasteiger partial charge in [-0.3, -0.25) is 19.2 Å². The van der Waals surface area contributed by atoms with E-state index in [1.807, 2.05) is 0 Å². The van der Waals surface area contributed by atoms with Crippen molar-refractivity contribution in [2.75, 3.05) is 6.61 Å². The van der Waals surface area contributed by atoms with Gasteiger partial charge in [-0.1, -0.05) is 142 Å². The van der Waals surface area contributed by atoms with Crippen LogP contribution in [0.5, 0.6) is 23.0 Å². The van der Waals surface area contributed by atoms with E-state index in [-0.39, 0.29) is 71.8 Å². The minimum Gasteiger partial charge on any atom is -0.507 e. The van der Waals surface area contributed by atoms with Gasteiger partial charge in [0.15, 0.2) is 23.1 Å². The van der Waals surface area contributed by atoms with Crippen molar-refractivity contribution in [3.05, 3.63) is 115 Å². The molecule has 0 unspecified atom stereocenters. The van der Waals surface area contributed by atoms with Gasteiger partial charge in [-0.25, -0.2) is 0 Å². The van der Waals surface area contributed by atoms with E-state index in [2.05, 4.69) is 6.92 Å². The number of ketones is 4. The summed E-state index contributed by atoms with van der Waals surface area (Å²) in [5.41, 5.74) is 5.01. The Morgan fingerprint density at radius 2 is 0.545 bits per heavy atom. The monoisotopic (exact) mass is 1050 g/mol. The van der Waals surface area contributed by atoms with Crippen LogP contribution in [0, 0.1) is 23.7 Å². The molecular formula is C68H90O9. The standard InChI is InChI=1S/C64H80O8.C4H10O/c65-57(25-21-41-13-5-1-6-14-41)45-29-49-37-51-31-46(58(66)26-22-42-15-7-2-8-16-42)33-53(62(51)70)39-55-35-48(60(68)28-24-44-19-11-4-12-20-44)36-56(64(55)72)40-54-34-47(59(67)27-23-43-17-9-3-10-18-43)32-52(63(54)71)38-50(30-45)61(49)69;1-2-3-4-5/h29-36,41-44,69-72H,1-28,37-40H2;5H,2-4H2,1H3. The number of fused-ring (bicyclic) bond motifs is 8. The van der Waals surface area contributed by atoms with Crippen molar-refractivity contribution in [2.45, 2.75) is 225 Å². The Kier molecular flexibility index (Phi) is 21.5. The number of hydrogen-bond donors (Lipinski definition) is 5. The van der Waals surface area contributed by atoms with Gasteiger partial charge in [0, 0.05) is 80.2 Å². The number of hydrogen-bond acceptors (Lipinski definition) is 9. The molecule has 0 atom stereocenters. The Morgan fingerprint density at radius 1 is 0.351 bits per heavy atom. The number of phenols is 4. The molecule has 0 heterocycles. The third-order valence-corrected chi connectivity index (χ3v) is 18.4. The summed E-state index contributed by atoms with van der Waals surface area (Å²) in [4.78, 5) is 57.1. The topological polar surface area (TPSA) is 169 Å². The van der Waals surface area contributed by atoms with Gasteiger partial charge in [-0.2, -0.15) is 0 Å². The smallest absolute Gasteiger partial charge is 0.162 e. The SMILES string of the molecule is CCCCO.O=C(CCC1CCCCC1)c1cc2c(O)c(c1)Cc1cc(C(=O)CCC3CCCCC3)cc(c1O)Cc1cc(C(=O)CCC3CCCCC3)cc(c1O)Cc1cc(C(=O)CCC3CCCCC3)cc(c1O)C2. The van der Waals surface area contributed by atoms with Gasteiger partial charge in [0.05, 0.1) is 0 Å². The first kappa shape index (κ1) is 57.9. The number of carbonyl (C=O) groups is 4. The second-order valence-corrected chi connectivity index (χ2v) is 24.2. The van der Waals surface area contributed by atoms with E-state index >= 15 is 0 Å². The van der Waals surface area contributed by atoms with E-state index in [4.69, 9.17) is 5.11 Å². The van der Waals surface area contributed by atoms with Crippen molar-refractivity contribution in [1.82, 2.24) is 0 Å². The molecule has 5 aliphatic carbocycles. The van der Waals surface area contributed by atoms with Crippen molar-refractivity contribution >= 4 is 23.1 Å². The molecule has 0 aromatic heterocycles. The minimum atomic E-state index is -0.0740. The highest BCUT2D eigenvalue weighted by molar-refractivity contribution is 5.99. The average Bonchev–Trinajstić information content (AvgIpc) is 3.45. The molecule has 9 heteroatoms. The zero-order valence-electron chi connectivity index (χ0n) is 46.5. The Hall–Kier alpha value is -5.28. The molecule has 0 amide bonds. The van der Waals surface area contributed by atoms with Crippen LogP contribution in [0.1, 0.15) is 285 Å². The van der Waals surface area contributed by atoms with Crippen LogP contribution in [-0.2, 0) is 25.7 Å². The van der Waals surface area contributed by atoms with Crippen molar-refractivity contribution < 1.29 is 44.7 Å². The van der Waals surface area contributed by atoms with Gasteiger partial charge in [0.1, 0.15) is 23.0 Å². The molecule has 0 spiro atoms. The number of Topliss-reactive ketones (excluding diaryl/α,β-unsaturated/α-hetero) is 4. The summed E-state index contributed by atoms with van der Waals surface area (Å²) in [5, 5.41) is 57.4. The molecule has 416 valence electrons. The van der Waals surface area contributed by atoms with Gasteiger partial charge in [-0.05, 0) is 149 Å². The average molecular weight is 1050 g/mol. The molecule has 4 saturated carbocycles. The van der Waals surface area contributed by atoms with Crippen LogP contribution in [-0.4, -0.2) is 55.3 Å². The summed E-state index contributed by atoms with van der Waals surface area (Å²) >= 11 is 0. The number of phenolic OH excluding ortho intramolecular Hbond substituents is 4. The molecule has 5 aliphatic rings. The number of benzene rings is 4. The lowest BCUT2D eigenvalue weighted by Crippen LogP contribution is -2.12. The van der Waals surface area contributed by atoms with Crippen LogP contribution in [0.4, 0.5) is 0 Å². The highest BCUT2D eigenvalue weighted by Gasteiger charge is 2.27. The van der Waals surface area contributed by atoms with Crippen molar-refractivity contribution in [1.29, 1.82) is 0 Å². The van der Waals surface area contributed by atoms with Gasteiger partial charge in [0.2, 0.25) is 0 Å². The van der Waals surface area contributed by atoms with Gasteiger partial charge in [0.25, 0.3) is 0 Å². The predicted octanol–water partition coefficient (Wildman–Crippen LogP) is 16.1. The summed E-state index contributed by atoms with van der Waals surface area (Å²) in [5.74, 6) is 1.53. The fraction of sp³-hybridized carbons (Fsp3) is 0.588. The van der Waals surface area contributed by atoms with Crippen LogP contribution in [0.2, 0.25) is 0 Å². The third-order valence-electron chi connectivity index (χ3n) is 18.4. The van der Waals surface area contributed by atoms with E-state index in [1.165, 1.54) is 77.0 Å². The summed E-state index contributed by atoms with van der Waals surface area (Å²) in [6.07, 6.45) is 29.9. The van der Waals surface area contributed by atoms with Crippen molar-refractivity contribution in [3.63, 3.8) is 0 Å². The molecule has 4 aromatic rings. The number of unbranched alkanes of at least 4 members (excludes halogenated alkanes) is 1. The number of rotatable bonds is 18. The Morgan fingerprint density at radius 3 is 0.701 bits per heavy atom. The highest BCUT2D eigenvalue weighted by Crippen LogP contribution is 2.41. The fourth-order valence-electron chi connectivity index (χ4n) is 13.6. The van der Waals surface area contributed by atoms with Crippen molar-refractivity contribution in [3.8, 4) is 23.0 Å². The van der Waals surface area contributed by atoms with E-state index in [9.17, 15) is 39.6 Å².